The van der Waals surface area contributed by atoms with Crippen LogP contribution in [0.15, 0.2) is 60.7 Å². The fraction of sp³-hybridized carbons (Fsp3) is 0.350. The molecule has 3 nitrogen and oxygen atoms in total. The predicted octanol–water partition coefficient (Wildman–Crippen LogP) is 3.49. The Bertz CT molecular complexity index is 759. The normalized spacial score (nSPS) is 10.3. The number of nitriles is 1. The third-order valence-corrected chi connectivity index (χ3v) is 13.2. The van der Waals surface area contributed by atoms with E-state index < -0.39 is 27.7 Å². The van der Waals surface area contributed by atoms with Gasteiger partial charge >= 0.3 is 94.9 Å². The molecule has 0 aliphatic carbocycles. The van der Waals surface area contributed by atoms with Gasteiger partial charge in [0.2, 0.25) is 0 Å². The molecule has 0 radical (unpaired) electrons. The van der Waals surface area contributed by atoms with Crippen molar-refractivity contribution >= 4 is 44.1 Å². The maximum absolute atomic E-state index is 11.0. The monoisotopic (exact) mass is 495 g/mol. The molecule has 0 aromatic heterocycles. The van der Waals surface area contributed by atoms with Crippen LogP contribution in [0.4, 0.5) is 0 Å². The minimum absolute atomic E-state index is 0.167. The first kappa shape index (κ1) is 22.9. The molecule has 138 valence electrons. The fourth-order valence-electron chi connectivity index (χ4n) is 2.26. The molecule has 0 saturated heterocycles. The molecular weight excluding hydrogens is 469 g/mol. The van der Waals surface area contributed by atoms with Crippen molar-refractivity contribution in [3.8, 4) is 6.07 Å². The Labute approximate surface area is 167 Å². The van der Waals surface area contributed by atoms with Gasteiger partial charge in [-0.15, -0.1) is 0 Å². The standard InChI is InChI=1S/C8H15NO2S.2C6H5.S.Sn/c1-2-3-4-5-7-12(10,11)8-6-9;2*1-2-4-6-5-3-1;;/h2-5,7-8H2,1H3;2*1-5H;;. The third-order valence-electron chi connectivity index (χ3n) is 3.67. The molecular formula is C20H25NO2S2Sn. The number of rotatable bonds is 8. The number of sulfone groups is 1. The summed E-state index contributed by atoms with van der Waals surface area (Å²) in [5.41, 5.74) is 0. The van der Waals surface area contributed by atoms with Crippen LogP contribution < -0.4 is 7.16 Å². The van der Waals surface area contributed by atoms with Gasteiger partial charge in [0, 0.05) is 0 Å². The molecule has 2 rings (SSSR count). The Hall–Kier alpha value is -1.10. The summed E-state index contributed by atoms with van der Waals surface area (Å²) in [4.78, 5) is 0. The Morgan fingerprint density at radius 2 is 1.42 bits per heavy atom. The average Bonchev–Trinajstić information content (AvgIpc) is 2.66. The van der Waals surface area contributed by atoms with E-state index >= 15 is 0 Å². The van der Waals surface area contributed by atoms with E-state index in [4.69, 9.17) is 14.6 Å². The van der Waals surface area contributed by atoms with Gasteiger partial charge in [-0.1, -0.05) is 26.2 Å². The predicted molar refractivity (Wildman–Crippen MR) is 114 cm³/mol. The molecule has 0 aliphatic rings. The van der Waals surface area contributed by atoms with Crippen LogP contribution in [0.25, 0.3) is 0 Å². The van der Waals surface area contributed by atoms with Crippen molar-refractivity contribution in [2.45, 2.75) is 32.6 Å². The van der Waals surface area contributed by atoms with Crippen molar-refractivity contribution in [3.63, 3.8) is 0 Å². The summed E-state index contributed by atoms with van der Waals surface area (Å²) >= 11 is -1.92. The van der Waals surface area contributed by atoms with Crippen LogP contribution in [0, 0.1) is 11.3 Å². The Balaban J connectivity index is 0.000000265. The molecule has 0 bridgehead atoms. The molecule has 2 aromatic carbocycles. The Morgan fingerprint density at radius 1 is 0.923 bits per heavy atom. The molecule has 0 N–H and O–H groups in total. The van der Waals surface area contributed by atoms with Gasteiger partial charge in [-0.2, -0.15) is 5.26 Å². The summed E-state index contributed by atoms with van der Waals surface area (Å²) in [6.45, 7) is 2.07. The third kappa shape index (κ3) is 9.56. The van der Waals surface area contributed by atoms with Gasteiger partial charge < -0.3 is 0 Å². The second-order valence-electron chi connectivity index (χ2n) is 5.87. The van der Waals surface area contributed by atoms with E-state index in [1.54, 1.807) is 6.07 Å². The van der Waals surface area contributed by atoms with Crippen LogP contribution in [-0.4, -0.2) is 37.7 Å². The number of nitrogens with zero attached hydrogens (tertiary/aromatic N) is 1. The van der Waals surface area contributed by atoms with Crippen LogP contribution in [0.3, 0.4) is 0 Å². The van der Waals surface area contributed by atoms with Crippen LogP contribution in [0.2, 0.25) is 0 Å². The number of hydrogen-bond acceptors (Lipinski definition) is 4. The Kier molecular flexibility index (Phi) is 11.6. The minimum atomic E-state index is -3.07. The molecule has 2 aromatic rings. The van der Waals surface area contributed by atoms with Crippen molar-refractivity contribution < 1.29 is 8.42 Å². The van der Waals surface area contributed by atoms with Gasteiger partial charge in [0.05, 0.1) is 11.8 Å². The summed E-state index contributed by atoms with van der Waals surface area (Å²) in [6.07, 6.45) is 3.80. The van der Waals surface area contributed by atoms with Crippen molar-refractivity contribution in [2.24, 2.45) is 0 Å². The molecule has 0 spiro atoms. The molecule has 26 heavy (non-hydrogen) atoms. The van der Waals surface area contributed by atoms with Gasteiger partial charge in [-0.25, -0.2) is 8.42 Å². The zero-order valence-electron chi connectivity index (χ0n) is 15.1. The maximum atomic E-state index is 11.0. The van der Waals surface area contributed by atoms with E-state index in [-0.39, 0.29) is 11.5 Å². The average molecular weight is 494 g/mol. The molecule has 0 amide bonds. The molecule has 0 fully saturated rings. The van der Waals surface area contributed by atoms with E-state index in [1.165, 1.54) is 7.16 Å². The molecule has 0 saturated carbocycles. The summed E-state index contributed by atoms with van der Waals surface area (Å²) in [6, 6.07) is 22.7. The summed E-state index contributed by atoms with van der Waals surface area (Å²) < 4.78 is 24.7. The van der Waals surface area contributed by atoms with Gasteiger partial charge in [0.15, 0.2) is 9.84 Å². The molecule has 0 aliphatic heterocycles. The summed E-state index contributed by atoms with van der Waals surface area (Å²) in [5, 5.41) is 8.18. The fourth-order valence-corrected chi connectivity index (χ4v) is 8.85. The molecule has 6 heteroatoms. The first-order valence-electron chi connectivity index (χ1n) is 8.72. The van der Waals surface area contributed by atoms with Crippen molar-refractivity contribution in [2.75, 3.05) is 11.5 Å². The second kappa shape index (κ2) is 13.1. The molecule has 0 heterocycles. The molecule has 0 atom stereocenters. The van der Waals surface area contributed by atoms with E-state index in [9.17, 15) is 8.42 Å². The van der Waals surface area contributed by atoms with Gasteiger partial charge in [0.1, 0.15) is 5.75 Å². The summed E-state index contributed by atoms with van der Waals surface area (Å²) in [7, 11) is 2.59. The number of benzene rings is 2. The quantitative estimate of drug-likeness (QED) is 0.417. The van der Waals surface area contributed by atoms with E-state index in [0.717, 1.165) is 19.3 Å². The summed E-state index contributed by atoms with van der Waals surface area (Å²) in [5.74, 6) is -0.167. The van der Waals surface area contributed by atoms with Crippen LogP contribution >= 0.6 is 9.29 Å². The Morgan fingerprint density at radius 3 is 1.85 bits per heavy atom. The van der Waals surface area contributed by atoms with Crippen LogP contribution in [0.5, 0.6) is 0 Å². The van der Waals surface area contributed by atoms with E-state index in [2.05, 4.69) is 55.5 Å². The molecule has 0 unspecified atom stereocenters. The van der Waals surface area contributed by atoms with E-state index in [0.29, 0.717) is 6.42 Å². The van der Waals surface area contributed by atoms with E-state index in [1.807, 2.05) is 12.1 Å². The first-order valence-corrected chi connectivity index (χ1v) is 17.3. The van der Waals surface area contributed by atoms with Gasteiger partial charge in [0.25, 0.3) is 0 Å². The topological polar surface area (TPSA) is 57.9 Å². The van der Waals surface area contributed by atoms with Gasteiger partial charge in [-0.05, 0) is 6.42 Å². The van der Waals surface area contributed by atoms with Gasteiger partial charge in [-0.3, -0.25) is 0 Å². The van der Waals surface area contributed by atoms with Crippen molar-refractivity contribution in [1.29, 1.82) is 5.26 Å². The number of hydrogen-bond donors (Lipinski definition) is 0. The second-order valence-corrected chi connectivity index (χ2v) is 16.0. The zero-order valence-corrected chi connectivity index (χ0v) is 19.6. The van der Waals surface area contributed by atoms with Crippen LogP contribution in [-0.2, 0) is 9.84 Å². The number of unbranched alkanes of at least 4 members (excludes halogenated alkanes) is 3. The van der Waals surface area contributed by atoms with Crippen molar-refractivity contribution in [1.82, 2.24) is 0 Å². The van der Waals surface area contributed by atoms with Crippen LogP contribution in [0.1, 0.15) is 32.6 Å². The SMILES string of the molecule is CCCCCCS(=O)(=O)CC#N.[S]=[Sn]([c]1ccccc1)[c]1ccccc1. The van der Waals surface area contributed by atoms with Crippen molar-refractivity contribution in [3.05, 3.63) is 60.7 Å². The zero-order chi connectivity index (χ0) is 19.3. The first-order chi connectivity index (χ1) is 12.5.